The van der Waals surface area contributed by atoms with E-state index in [0.29, 0.717) is 5.56 Å². The maximum Gasteiger partial charge on any atom is 0.380 e. The molecule has 2 N–H and O–H groups in total. The van der Waals surface area contributed by atoms with Crippen molar-refractivity contribution in [2.24, 2.45) is 11.1 Å². The lowest BCUT2D eigenvalue weighted by molar-refractivity contribution is 0.429. The highest BCUT2D eigenvalue weighted by Crippen LogP contribution is 2.44. The van der Waals surface area contributed by atoms with E-state index in [4.69, 9.17) is 5.14 Å². The van der Waals surface area contributed by atoms with Crippen LogP contribution in [0.3, 0.4) is 0 Å². The fourth-order valence-electron chi connectivity index (χ4n) is 3.19. The minimum absolute atomic E-state index is 0.0919. The van der Waals surface area contributed by atoms with Gasteiger partial charge in [-0.25, -0.2) is 8.42 Å². The Bertz CT molecular complexity index is 834. The number of rotatable bonds is 3. The van der Waals surface area contributed by atoms with Crippen molar-refractivity contribution in [1.29, 1.82) is 0 Å². The Morgan fingerprint density at radius 3 is 2.45 bits per heavy atom. The number of allylic oxidation sites excluding steroid dienone is 1. The molecule has 1 aliphatic carbocycles. The van der Waals surface area contributed by atoms with E-state index in [1.165, 1.54) is 24.0 Å². The summed E-state index contributed by atoms with van der Waals surface area (Å²) in [6.07, 6.45) is 5.35. The van der Waals surface area contributed by atoms with Crippen LogP contribution in [0.2, 0.25) is 0 Å². The zero-order valence-corrected chi connectivity index (χ0v) is 13.5. The Morgan fingerprint density at radius 2 is 1.82 bits per heavy atom. The third-order valence-electron chi connectivity index (χ3n) is 4.11. The first-order valence-corrected chi connectivity index (χ1v) is 10.1. The molecule has 0 atom stereocenters. The monoisotopic (exact) mass is 343 g/mol. The minimum atomic E-state index is -4.18. The lowest BCUT2D eigenvalue weighted by Crippen LogP contribution is -2.19. The van der Waals surface area contributed by atoms with Gasteiger partial charge < -0.3 is 4.18 Å². The van der Waals surface area contributed by atoms with Gasteiger partial charge in [0.25, 0.3) is 0 Å². The second-order valence-electron chi connectivity index (χ2n) is 5.69. The van der Waals surface area contributed by atoms with E-state index in [1.54, 1.807) is 6.07 Å². The number of hydrogen-bond donors (Lipinski definition) is 1. The van der Waals surface area contributed by atoms with Crippen molar-refractivity contribution in [3.05, 3.63) is 29.2 Å². The summed E-state index contributed by atoms with van der Waals surface area (Å²) in [7, 11) is -7.74. The maximum absolute atomic E-state index is 12.3. The first-order valence-electron chi connectivity index (χ1n) is 7.09. The molecule has 8 heteroatoms. The van der Waals surface area contributed by atoms with Gasteiger partial charge in [-0.15, -0.1) is 0 Å². The van der Waals surface area contributed by atoms with Crippen LogP contribution in [0.1, 0.15) is 37.7 Å². The first-order chi connectivity index (χ1) is 10.3. The van der Waals surface area contributed by atoms with E-state index in [1.807, 2.05) is 0 Å². The molecule has 120 valence electrons. The lowest BCUT2D eigenvalue weighted by Gasteiger charge is -2.23. The van der Waals surface area contributed by atoms with E-state index in [9.17, 15) is 16.8 Å². The molecular weight excluding hydrogens is 326 g/mol. The summed E-state index contributed by atoms with van der Waals surface area (Å²) < 4.78 is 51.1. The third kappa shape index (κ3) is 3.04. The van der Waals surface area contributed by atoms with Gasteiger partial charge in [-0.3, -0.25) is 0 Å². The van der Waals surface area contributed by atoms with Gasteiger partial charge in [0.1, 0.15) is 5.75 Å². The Kier molecular flexibility index (Phi) is 3.78. The SMILES string of the molecule is NS(=O)(=O)Oc1ccc2c(c1)S(=O)(=O)C=C2C1CCCCC1. The fraction of sp³-hybridized carbons (Fsp3) is 0.429. The minimum Gasteiger partial charge on any atom is -0.371 e. The molecule has 0 radical (unpaired) electrons. The molecule has 1 heterocycles. The van der Waals surface area contributed by atoms with Crippen LogP contribution >= 0.6 is 0 Å². The van der Waals surface area contributed by atoms with Crippen molar-refractivity contribution in [3.63, 3.8) is 0 Å². The molecule has 0 aromatic heterocycles. The molecule has 1 aromatic rings. The van der Waals surface area contributed by atoms with Gasteiger partial charge in [0, 0.05) is 11.5 Å². The zero-order chi connectivity index (χ0) is 16.0. The molecule has 3 rings (SSSR count). The molecule has 1 aromatic carbocycles. The first kappa shape index (κ1) is 15.5. The number of nitrogens with two attached hydrogens (primary N) is 1. The number of sulfone groups is 1. The Morgan fingerprint density at radius 1 is 1.14 bits per heavy atom. The van der Waals surface area contributed by atoms with Gasteiger partial charge in [0.15, 0.2) is 0 Å². The molecule has 0 unspecified atom stereocenters. The smallest absolute Gasteiger partial charge is 0.371 e. The molecule has 22 heavy (non-hydrogen) atoms. The third-order valence-corrected chi connectivity index (χ3v) is 6.05. The quantitative estimate of drug-likeness (QED) is 0.904. The van der Waals surface area contributed by atoms with E-state index < -0.39 is 20.1 Å². The number of fused-ring (bicyclic) bond motifs is 1. The molecule has 1 aliphatic heterocycles. The molecule has 0 amide bonds. The predicted molar refractivity (Wildman–Crippen MR) is 81.9 cm³/mol. The van der Waals surface area contributed by atoms with Crippen LogP contribution < -0.4 is 9.32 Å². The van der Waals surface area contributed by atoms with Crippen molar-refractivity contribution in [2.45, 2.75) is 37.0 Å². The van der Waals surface area contributed by atoms with E-state index in [0.717, 1.165) is 31.3 Å². The summed E-state index contributed by atoms with van der Waals surface area (Å²) in [6.45, 7) is 0. The highest BCUT2D eigenvalue weighted by molar-refractivity contribution is 7.95. The topological polar surface area (TPSA) is 104 Å². The standard InChI is InChI=1S/C14H17NO5S2/c15-22(18,19)20-11-6-7-12-13(10-4-2-1-3-5-10)9-21(16,17)14(12)8-11/h6-10H,1-5H2,(H2,15,18,19). The second kappa shape index (κ2) is 5.36. The van der Waals surface area contributed by atoms with Gasteiger partial charge in [0.2, 0.25) is 9.84 Å². The number of hydrogen-bond acceptors (Lipinski definition) is 5. The van der Waals surface area contributed by atoms with Gasteiger partial charge in [-0.2, -0.15) is 13.6 Å². The van der Waals surface area contributed by atoms with E-state index in [-0.39, 0.29) is 16.6 Å². The van der Waals surface area contributed by atoms with Crippen molar-refractivity contribution >= 4 is 25.7 Å². The highest BCUT2D eigenvalue weighted by Gasteiger charge is 2.32. The molecule has 0 saturated heterocycles. The van der Waals surface area contributed by atoms with Gasteiger partial charge in [-0.1, -0.05) is 19.3 Å². The summed E-state index contributed by atoms with van der Waals surface area (Å²) in [5.74, 6) is 0.151. The van der Waals surface area contributed by atoms with Crippen molar-refractivity contribution in [1.82, 2.24) is 0 Å². The van der Waals surface area contributed by atoms with Gasteiger partial charge in [-0.05, 0) is 42.0 Å². The van der Waals surface area contributed by atoms with Crippen molar-refractivity contribution < 1.29 is 21.0 Å². The lowest BCUT2D eigenvalue weighted by atomic mass is 9.82. The molecule has 6 nitrogen and oxygen atoms in total. The van der Waals surface area contributed by atoms with Crippen LogP contribution in [0.25, 0.3) is 5.57 Å². The van der Waals surface area contributed by atoms with E-state index in [2.05, 4.69) is 4.18 Å². The van der Waals surface area contributed by atoms with Crippen LogP contribution in [0.4, 0.5) is 0 Å². The van der Waals surface area contributed by atoms with Gasteiger partial charge >= 0.3 is 10.3 Å². The normalized spacial score (nSPS) is 21.2. The summed E-state index contributed by atoms with van der Waals surface area (Å²) in [5.41, 5.74) is 1.48. The average molecular weight is 343 g/mol. The molecule has 1 saturated carbocycles. The van der Waals surface area contributed by atoms with Crippen molar-refractivity contribution in [2.75, 3.05) is 0 Å². The van der Waals surface area contributed by atoms with Crippen LogP contribution in [0.5, 0.6) is 5.75 Å². The largest absolute Gasteiger partial charge is 0.380 e. The molecule has 2 aliphatic rings. The summed E-state index contributed by atoms with van der Waals surface area (Å²) in [5, 5.41) is 6.13. The summed E-state index contributed by atoms with van der Waals surface area (Å²) in [6, 6.07) is 4.25. The Hall–Kier alpha value is -1.38. The predicted octanol–water partition coefficient (Wildman–Crippen LogP) is 1.98. The molecular formula is C14H17NO5S2. The average Bonchev–Trinajstić information content (AvgIpc) is 2.70. The summed E-state index contributed by atoms with van der Waals surface area (Å²) >= 11 is 0. The number of benzene rings is 1. The van der Waals surface area contributed by atoms with Crippen molar-refractivity contribution in [3.8, 4) is 5.75 Å². The molecule has 1 fully saturated rings. The zero-order valence-electron chi connectivity index (χ0n) is 11.9. The van der Waals surface area contributed by atoms with Crippen LogP contribution in [-0.4, -0.2) is 16.8 Å². The van der Waals surface area contributed by atoms with Gasteiger partial charge in [0.05, 0.1) is 4.90 Å². The van der Waals surface area contributed by atoms with Crippen LogP contribution in [0, 0.1) is 5.92 Å². The van der Waals surface area contributed by atoms with E-state index >= 15 is 0 Å². The second-order valence-corrected chi connectivity index (χ2v) is 8.61. The van der Waals surface area contributed by atoms with Crippen LogP contribution in [0.15, 0.2) is 28.5 Å². The van der Waals surface area contributed by atoms with Crippen LogP contribution in [-0.2, 0) is 20.1 Å². The Labute approximate surface area is 130 Å². The fourth-order valence-corrected chi connectivity index (χ4v) is 5.11. The summed E-state index contributed by atoms with van der Waals surface area (Å²) in [4.78, 5) is 0.0919. The highest BCUT2D eigenvalue weighted by atomic mass is 32.2. The molecule has 0 spiro atoms. The Balaban J connectivity index is 2.01. The maximum atomic E-state index is 12.3. The molecule has 0 bridgehead atoms.